The number of hydrogen-bond acceptors (Lipinski definition) is 1. The fourth-order valence-electron chi connectivity index (χ4n) is 1.78. The van der Waals surface area contributed by atoms with Gasteiger partial charge in [0.1, 0.15) is 11.6 Å². The summed E-state index contributed by atoms with van der Waals surface area (Å²) in [6.45, 7) is 4.07. The van der Waals surface area contributed by atoms with E-state index in [-0.39, 0.29) is 5.82 Å². The number of aromatic nitrogens is 2. The number of halogens is 2. The smallest absolute Gasteiger partial charge is 0.148 e. The summed E-state index contributed by atoms with van der Waals surface area (Å²) >= 11 is 3.26. The Morgan fingerprint density at radius 2 is 2.06 bits per heavy atom. The molecule has 1 aromatic carbocycles. The highest BCUT2D eigenvalue weighted by Gasteiger charge is 2.11. The summed E-state index contributed by atoms with van der Waals surface area (Å²) in [5.74, 6) is 0.650. The first-order valence-corrected chi connectivity index (χ1v) is 6.47. The highest BCUT2D eigenvalue weighted by Crippen LogP contribution is 2.21. The first-order chi connectivity index (χ1) is 8.15. The van der Waals surface area contributed by atoms with Crippen molar-refractivity contribution in [3.05, 3.63) is 46.2 Å². The summed E-state index contributed by atoms with van der Waals surface area (Å²) in [4.78, 5) is 4.47. The van der Waals surface area contributed by atoms with Gasteiger partial charge in [0, 0.05) is 17.1 Å². The van der Waals surface area contributed by atoms with Crippen LogP contribution in [0.2, 0.25) is 0 Å². The summed E-state index contributed by atoms with van der Waals surface area (Å²) in [6.07, 6.45) is 3.55. The second-order valence-corrected chi connectivity index (χ2v) is 4.74. The lowest BCUT2D eigenvalue weighted by Gasteiger charge is -2.07. The standard InChI is InChI=1S/C13H14BrFN2/c1-3-10-8-17(13(4-2)16-10)12-6-5-9(14)7-11(12)15/h5-8H,3-4H2,1-2H3. The van der Waals surface area contributed by atoms with Gasteiger partial charge in [0.25, 0.3) is 0 Å². The van der Waals surface area contributed by atoms with Crippen molar-refractivity contribution in [3.8, 4) is 5.69 Å². The molecule has 0 aliphatic heterocycles. The van der Waals surface area contributed by atoms with E-state index in [9.17, 15) is 4.39 Å². The Labute approximate surface area is 109 Å². The minimum atomic E-state index is -0.242. The maximum atomic E-state index is 13.9. The Hall–Kier alpha value is -1.16. The van der Waals surface area contributed by atoms with Crippen molar-refractivity contribution in [2.45, 2.75) is 26.7 Å². The molecule has 90 valence electrons. The molecule has 17 heavy (non-hydrogen) atoms. The Bertz CT molecular complexity index is 534. The zero-order valence-electron chi connectivity index (χ0n) is 9.87. The van der Waals surface area contributed by atoms with Gasteiger partial charge in [0.2, 0.25) is 0 Å². The van der Waals surface area contributed by atoms with Crippen molar-refractivity contribution >= 4 is 15.9 Å². The minimum absolute atomic E-state index is 0.242. The SMILES string of the molecule is CCc1cn(-c2ccc(Br)cc2F)c(CC)n1. The van der Waals surface area contributed by atoms with Gasteiger partial charge in [-0.25, -0.2) is 9.37 Å². The third-order valence-electron chi connectivity index (χ3n) is 2.68. The molecule has 1 heterocycles. The predicted molar refractivity (Wildman–Crippen MR) is 70.0 cm³/mol. The summed E-state index contributed by atoms with van der Waals surface area (Å²) in [5.41, 5.74) is 1.54. The molecule has 0 unspecified atom stereocenters. The molecule has 1 aromatic heterocycles. The molecule has 0 radical (unpaired) electrons. The average molecular weight is 297 g/mol. The lowest BCUT2D eigenvalue weighted by molar-refractivity contribution is 0.614. The number of nitrogens with zero attached hydrogens (tertiary/aromatic N) is 2. The van der Waals surface area contributed by atoms with Gasteiger partial charge in [-0.05, 0) is 24.6 Å². The molecular weight excluding hydrogens is 283 g/mol. The molecule has 0 saturated carbocycles. The van der Waals surface area contributed by atoms with Crippen LogP contribution in [0.3, 0.4) is 0 Å². The topological polar surface area (TPSA) is 17.8 Å². The van der Waals surface area contributed by atoms with E-state index in [2.05, 4.69) is 20.9 Å². The third-order valence-corrected chi connectivity index (χ3v) is 3.17. The molecule has 0 aliphatic rings. The van der Waals surface area contributed by atoms with E-state index in [4.69, 9.17) is 0 Å². The van der Waals surface area contributed by atoms with Crippen LogP contribution in [0, 0.1) is 5.82 Å². The van der Waals surface area contributed by atoms with Crippen molar-refractivity contribution in [1.82, 2.24) is 9.55 Å². The van der Waals surface area contributed by atoms with Gasteiger partial charge < -0.3 is 4.57 Å². The van der Waals surface area contributed by atoms with Gasteiger partial charge in [0.15, 0.2) is 0 Å². The van der Waals surface area contributed by atoms with Gasteiger partial charge in [-0.1, -0.05) is 29.8 Å². The average Bonchev–Trinajstić information content (AvgIpc) is 2.72. The van der Waals surface area contributed by atoms with Crippen LogP contribution in [0.15, 0.2) is 28.9 Å². The molecule has 0 fully saturated rings. The fraction of sp³-hybridized carbons (Fsp3) is 0.308. The Morgan fingerprint density at radius 1 is 1.29 bits per heavy atom. The molecule has 0 spiro atoms. The summed E-state index contributed by atoms with van der Waals surface area (Å²) in [6, 6.07) is 5.07. The van der Waals surface area contributed by atoms with Crippen LogP contribution < -0.4 is 0 Å². The van der Waals surface area contributed by atoms with E-state index in [0.29, 0.717) is 5.69 Å². The molecular formula is C13H14BrFN2. The molecule has 2 aromatic rings. The number of rotatable bonds is 3. The van der Waals surface area contributed by atoms with Gasteiger partial charge in [-0.15, -0.1) is 0 Å². The minimum Gasteiger partial charge on any atom is -0.301 e. The van der Waals surface area contributed by atoms with E-state index in [1.807, 2.05) is 30.7 Å². The van der Waals surface area contributed by atoms with Gasteiger partial charge >= 0.3 is 0 Å². The Morgan fingerprint density at radius 3 is 2.65 bits per heavy atom. The lowest BCUT2D eigenvalue weighted by atomic mass is 10.3. The van der Waals surface area contributed by atoms with Crippen molar-refractivity contribution < 1.29 is 4.39 Å². The number of imidazole rings is 1. The lowest BCUT2D eigenvalue weighted by Crippen LogP contribution is -2.01. The zero-order valence-corrected chi connectivity index (χ0v) is 11.5. The predicted octanol–water partition coefficient (Wildman–Crippen LogP) is 3.90. The van der Waals surface area contributed by atoms with E-state index in [1.54, 1.807) is 6.07 Å². The van der Waals surface area contributed by atoms with Crippen LogP contribution >= 0.6 is 15.9 Å². The van der Waals surface area contributed by atoms with Crippen LogP contribution in [-0.2, 0) is 12.8 Å². The van der Waals surface area contributed by atoms with Crippen molar-refractivity contribution in [1.29, 1.82) is 0 Å². The van der Waals surface area contributed by atoms with Crippen molar-refractivity contribution in [2.75, 3.05) is 0 Å². The molecule has 0 bridgehead atoms. The normalized spacial score (nSPS) is 10.8. The molecule has 2 rings (SSSR count). The van der Waals surface area contributed by atoms with E-state index in [1.165, 1.54) is 6.07 Å². The van der Waals surface area contributed by atoms with Crippen LogP contribution in [0.25, 0.3) is 5.69 Å². The molecule has 0 N–H and O–H groups in total. The van der Waals surface area contributed by atoms with E-state index >= 15 is 0 Å². The highest BCUT2D eigenvalue weighted by atomic mass is 79.9. The first-order valence-electron chi connectivity index (χ1n) is 5.68. The maximum absolute atomic E-state index is 13.9. The molecule has 4 heteroatoms. The molecule has 2 nitrogen and oxygen atoms in total. The molecule has 0 saturated heterocycles. The molecule has 0 amide bonds. The van der Waals surface area contributed by atoms with E-state index in [0.717, 1.165) is 28.8 Å². The van der Waals surface area contributed by atoms with Gasteiger partial charge in [-0.3, -0.25) is 0 Å². The van der Waals surface area contributed by atoms with Crippen molar-refractivity contribution in [2.24, 2.45) is 0 Å². The Kier molecular flexibility index (Phi) is 3.62. The van der Waals surface area contributed by atoms with Gasteiger partial charge in [0.05, 0.1) is 11.4 Å². The number of aryl methyl sites for hydroxylation is 2. The summed E-state index contributed by atoms with van der Waals surface area (Å²) in [7, 11) is 0. The fourth-order valence-corrected chi connectivity index (χ4v) is 2.11. The highest BCUT2D eigenvalue weighted by molar-refractivity contribution is 9.10. The Balaban J connectivity index is 2.55. The van der Waals surface area contributed by atoms with Crippen molar-refractivity contribution in [3.63, 3.8) is 0 Å². The second-order valence-electron chi connectivity index (χ2n) is 3.82. The monoisotopic (exact) mass is 296 g/mol. The largest absolute Gasteiger partial charge is 0.301 e. The van der Waals surface area contributed by atoms with Gasteiger partial charge in [-0.2, -0.15) is 0 Å². The van der Waals surface area contributed by atoms with Crippen LogP contribution in [0.5, 0.6) is 0 Å². The first kappa shape index (κ1) is 12.3. The summed E-state index contributed by atoms with van der Waals surface area (Å²) in [5, 5.41) is 0. The second kappa shape index (κ2) is 5.00. The number of benzene rings is 1. The maximum Gasteiger partial charge on any atom is 0.148 e. The van der Waals surface area contributed by atoms with Crippen LogP contribution in [-0.4, -0.2) is 9.55 Å². The van der Waals surface area contributed by atoms with Crippen LogP contribution in [0.1, 0.15) is 25.4 Å². The summed E-state index contributed by atoms with van der Waals surface area (Å²) < 4.78 is 16.5. The zero-order chi connectivity index (χ0) is 12.4. The third kappa shape index (κ3) is 2.41. The van der Waals surface area contributed by atoms with Crippen LogP contribution in [0.4, 0.5) is 4.39 Å². The molecule has 0 atom stereocenters. The van der Waals surface area contributed by atoms with E-state index < -0.39 is 0 Å². The number of hydrogen-bond donors (Lipinski definition) is 0. The quantitative estimate of drug-likeness (QED) is 0.840. The molecule has 0 aliphatic carbocycles.